The molecule has 2 aromatic heterocycles. The summed E-state index contributed by atoms with van der Waals surface area (Å²) < 4.78 is 16.1. The van der Waals surface area contributed by atoms with E-state index in [0.29, 0.717) is 22.6 Å². The number of nitrogens with zero attached hydrogens (tertiary/aromatic N) is 3. The summed E-state index contributed by atoms with van der Waals surface area (Å²) in [4.78, 5) is 22.0. The molecule has 1 aliphatic heterocycles. The third-order valence-electron chi connectivity index (χ3n) is 5.40. The van der Waals surface area contributed by atoms with Gasteiger partial charge in [-0.25, -0.2) is 14.4 Å². The van der Waals surface area contributed by atoms with Crippen LogP contribution in [0.5, 0.6) is 0 Å². The van der Waals surface area contributed by atoms with Crippen LogP contribution >= 0.6 is 0 Å². The summed E-state index contributed by atoms with van der Waals surface area (Å²) in [5.74, 6) is 0.816. The molecule has 8 heteroatoms. The van der Waals surface area contributed by atoms with Crippen molar-refractivity contribution < 1.29 is 4.39 Å². The van der Waals surface area contributed by atoms with Crippen molar-refractivity contribution in [2.75, 3.05) is 16.0 Å². The highest BCUT2D eigenvalue weighted by atomic mass is 19.1. The highest BCUT2D eigenvalue weighted by Crippen LogP contribution is 2.34. The summed E-state index contributed by atoms with van der Waals surface area (Å²) in [5, 5.41) is 10.5. The number of hydrogen-bond donors (Lipinski definition) is 3. The minimum absolute atomic E-state index is 0.0358. The number of fused-ring (bicyclic) bond motifs is 2. The maximum atomic E-state index is 14.5. The molecule has 31 heavy (non-hydrogen) atoms. The molecular formula is C23H21FN6O. The lowest BCUT2D eigenvalue weighted by molar-refractivity contribution is 0.637. The molecule has 2 aromatic carbocycles. The maximum Gasteiger partial charge on any atom is 0.266 e. The predicted molar refractivity (Wildman–Crippen MR) is 120 cm³/mol. The van der Waals surface area contributed by atoms with Crippen LogP contribution in [-0.2, 0) is 0 Å². The molecule has 0 spiro atoms. The van der Waals surface area contributed by atoms with Gasteiger partial charge in [0.1, 0.15) is 17.8 Å². The first-order valence-corrected chi connectivity index (χ1v) is 10.1. The number of aromatic nitrogens is 3. The van der Waals surface area contributed by atoms with Crippen molar-refractivity contribution in [2.45, 2.75) is 26.1 Å². The number of anilines is 3. The van der Waals surface area contributed by atoms with E-state index in [1.54, 1.807) is 16.7 Å². The van der Waals surface area contributed by atoms with Crippen LogP contribution < -0.4 is 21.5 Å². The largest absolute Gasteiger partial charge is 0.360 e. The predicted octanol–water partition coefficient (Wildman–Crippen LogP) is 4.28. The van der Waals surface area contributed by atoms with Crippen LogP contribution in [0, 0.1) is 5.82 Å². The van der Waals surface area contributed by atoms with Crippen molar-refractivity contribution in [1.82, 2.24) is 14.5 Å². The van der Waals surface area contributed by atoms with Crippen molar-refractivity contribution in [3.63, 3.8) is 0 Å². The summed E-state index contributed by atoms with van der Waals surface area (Å²) >= 11 is 0. The Labute approximate surface area is 178 Å². The highest BCUT2D eigenvalue weighted by molar-refractivity contribution is 5.84. The Morgan fingerprint density at radius 1 is 1.10 bits per heavy atom. The number of halogens is 1. The molecule has 3 heterocycles. The third-order valence-corrected chi connectivity index (χ3v) is 5.40. The molecule has 0 saturated carbocycles. The lowest BCUT2D eigenvalue weighted by Gasteiger charge is -2.22. The van der Waals surface area contributed by atoms with Crippen molar-refractivity contribution in [3.05, 3.63) is 82.8 Å². The second-order valence-corrected chi connectivity index (χ2v) is 7.57. The number of pyridine rings is 1. The van der Waals surface area contributed by atoms with Crippen LogP contribution in [0.2, 0.25) is 0 Å². The normalized spacial score (nSPS) is 15.8. The highest BCUT2D eigenvalue weighted by Gasteiger charge is 2.24. The quantitative estimate of drug-likeness (QED) is 0.461. The zero-order valence-electron chi connectivity index (χ0n) is 17.1. The Balaban J connectivity index is 1.66. The van der Waals surface area contributed by atoms with Crippen molar-refractivity contribution >= 4 is 28.1 Å². The van der Waals surface area contributed by atoms with Gasteiger partial charge in [-0.3, -0.25) is 9.36 Å². The molecule has 1 unspecified atom stereocenters. The van der Waals surface area contributed by atoms with E-state index in [1.165, 1.54) is 12.4 Å². The second-order valence-electron chi connectivity index (χ2n) is 7.57. The molecule has 156 valence electrons. The number of benzene rings is 2. The molecule has 0 fully saturated rings. The van der Waals surface area contributed by atoms with Crippen LogP contribution in [0.1, 0.15) is 25.6 Å². The van der Waals surface area contributed by atoms with E-state index in [2.05, 4.69) is 25.9 Å². The summed E-state index contributed by atoms with van der Waals surface area (Å²) in [6.07, 6.45) is 1.52. The summed E-state index contributed by atoms with van der Waals surface area (Å²) in [6.45, 7) is 3.93. The second kappa shape index (κ2) is 7.39. The van der Waals surface area contributed by atoms with Crippen molar-refractivity contribution in [1.29, 1.82) is 0 Å². The number of hydrogen-bond acceptors (Lipinski definition) is 6. The van der Waals surface area contributed by atoms with Crippen molar-refractivity contribution in [2.24, 2.45) is 0 Å². The van der Waals surface area contributed by atoms with Crippen LogP contribution in [0.4, 0.5) is 21.7 Å². The molecule has 0 amide bonds. The molecule has 2 atom stereocenters. The Kier molecular flexibility index (Phi) is 4.54. The average molecular weight is 416 g/mol. The lowest BCUT2D eigenvalue weighted by Crippen LogP contribution is -2.26. The van der Waals surface area contributed by atoms with E-state index in [1.807, 2.05) is 50.2 Å². The van der Waals surface area contributed by atoms with Gasteiger partial charge in [0.15, 0.2) is 11.6 Å². The van der Waals surface area contributed by atoms with Crippen LogP contribution in [0.3, 0.4) is 0 Å². The van der Waals surface area contributed by atoms with Gasteiger partial charge in [-0.05, 0) is 43.5 Å². The summed E-state index contributed by atoms with van der Waals surface area (Å²) in [6, 6.07) is 15.5. The fourth-order valence-electron chi connectivity index (χ4n) is 3.98. The minimum atomic E-state index is -0.530. The smallest absolute Gasteiger partial charge is 0.266 e. The molecule has 5 rings (SSSR count). The summed E-state index contributed by atoms with van der Waals surface area (Å²) in [5.41, 5.74) is 1.75. The Morgan fingerprint density at radius 3 is 2.71 bits per heavy atom. The Bertz CT molecular complexity index is 1340. The number of nitrogens with one attached hydrogen (secondary N) is 3. The SMILES string of the molecule is CC1Nc2ncnc(N[C@@H](C)c3cc4cccc(F)c4c(=O)n3-c3ccccc3)c2N1. The van der Waals surface area contributed by atoms with Gasteiger partial charge in [-0.2, -0.15) is 0 Å². The monoisotopic (exact) mass is 416 g/mol. The van der Waals surface area contributed by atoms with Gasteiger partial charge in [0.2, 0.25) is 0 Å². The zero-order chi connectivity index (χ0) is 21.5. The van der Waals surface area contributed by atoms with Gasteiger partial charge in [-0.15, -0.1) is 0 Å². The standard InChI is InChI=1S/C23H21FN6O/c1-13(27-21-20-22(26-12-25-21)29-14(2)28-20)18-11-15-7-6-10-17(24)19(15)23(31)30(18)16-8-4-3-5-9-16/h3-14,28H,1-2H3,(H2,25,26,27,29)/t13-,14?/m0/s1. The van der Waals surface area contributed by atoms with Crippen LogP contribution in [0.15, 0.2) is 65.7 Å². The van der Waals surface area contributed by atoms with E-state index < -0.39 is 11.4 Å². The van der Waals surface area contributed by atoms with Gasteiger partial charge in [-0.1, -0.05) is 30.3 Å². The molecule has 0 aliphatic carbocycles. The average Bonchev–Trinajstić information content (AvgIpc) is 3.15. The maximum absolute atomic E-state index is 14.5. The first kappa shape index (κ1) is 19.0. The Morgan fingerprint density at radius 2 is 1.90 bits per heavy atom. The minimum Gasteiger partial charge on any atom is -0.360 e. The Hall–Kier alpha value is -3.94. The summed E-state index contributed by atoms with van der Waals surface area (Å²) in [7, 11) is 0. The fraction of sp³-hybridized carbons (Fsp3) is 0.174. The van der Waals surface area contributed by atoms with E-state index in [9.17, 15) is 9.18 Å². The first-order valence-electron chi connectivity index (χ1n) is 10.1. The first-order chi connectivity index (χ1) is 15.0. The van der Waals surface area contributed by atoms with Gasteiger partial charge in [0.05, 0.1) is 17.6 Å². The van der Waals surface area contributed by atoms with Gasteiger partial charge < -0.3 is 16.0 Å². The fourth-order valence-corrected chi connectivity index (χ4v) is 3.98. The zero-order valence-corrected chi connectivity index (χ0v) is 17.1. The number of para-hydroxylation sites is 1. The molecule has 0 bridgehead atoms. The third kappa shape index (κ3) is 3.26. The van der Waals surface area contributed by atoms with Gasteiger partial charge in [0.25, 0.3) is 5.56 Å². The molecule has 1 aliphatic rings. The lowest BCUT2D eigenvalue weighted by atomic mass is 10.1. The van der Waals surface area contributed by atoms with Gasteiger partial charge in [0, 0.05) is 11.4 Å². The van der Waals surface area contributed by atoms with E-state index >= 15 is 0 Å². The van der Waals surface area contributed by atoms with Crippen molar-refractivity contribution in [3.8, 4) is 5.69 Å². The molecule has 3 N–H and O–H groups in total. The van der Waals surface area contributed by atoms with Crippen LogP contribution in [0.25, 0.3) is 16.5 Å². The topological polar surface area (TPSA) is 83.9 Å². The van der Waals surface area contributed by atoms with E-state index in [4.69, 9.17) is 0 Å². The van der Waals surface area contributed by atoms with Gasteiger partial charge >= 0.3 is 0 Å². The number of rotatable bonds is 4. The molecular weight excluding hydrogens is 395 g/mol. The molecule has 0 saturated heterocycles. The van der Waals surface area contributed by atoms with E-state index in [-0.39, 0.29) is 17.6 Å². The molecule has 0 radical (unpaired) electrons. The van der Waals surface area contributed by atoms with Crippen LogP contribution in [-0.4, -0.2) is 20.7 Å². The molecule has 7 nitrogen and oxygen atoms in total. The van der Waals surface area contributed by atoms with E-state index in [0.717, 1.165) is 11.5 Å². The molecule has 4 aromatic rings.